The predicted octanol–water partition coefficient (Wildman–Crippen LogP) is 5.15. The molecule has 0 fully saturated rings. The zero-order valence-corrected chi connectivity index (χ0v) is 17.0. The van der Waals surface area contributed by atoms with E-state index in [0.717, 1.165) is 12.8 Å². The van der Waals surface area contributed by atoms with Crippen molar-refractivity contribution in [1.82, 2.24) is 0 Å². The van der Waals surface area contributed by atoms with Crippen LogP contribution in [0.3, 0.4) is 0 Å². The molecule has 126 valence electrons. The lowest BCUT2D eigenvalue weighted by molar-refractivity contribution is 0.518. The molecule has 0 amide bonds. The first-order chi connectivity index (χ1) is 11.8. The van der Waals surface area contributed by atoms with Gasteiger partial charge in [0.2, 0.25) is 0 Å². The van der Waals surface area contributed by atoms with Crippen LogP contribution in [0.25, 0.3) is 16.7 Å². The van der Waals surface area contributed by atoms with Crippen molar-refractivity contribution in [2.24, 2.45) is 5.41 Å². The molecular weight excluding hydrogens is 316 g/mol. The maximum atomic E-state index is 2.54. The minimum atomic E-state index is -1.34. The number of hydrogen-bond acceptors (Lipinski definition) is 0. The van der Waals surface area contributed by atoms with E-state index in [1.165, 1.54) is 22.3 Å². The van der Waals surface area contributed by atoms with E-state index in [1.807, 2.05) is 0 Å². The van der Waals surface area contributed by atoms with Crippen LogP contribution in [0.1, 0.15) is 43.9 Å². The smallest absolute Gasteiger partial charge is 0.0763 e. The van der Waals surface area contributed by atoms with Crippen LogP contribution in [0.5, 0.6) is 0 Å². The fourth-order valence-corrected chi connectivity index (χ4v) is 8.80. The van der Waals surface area contributed by atoms with Gasteiger partial charge >= 0.3 is 0 Å². The van der Waals surface area contributed by atoms with E-state index < -0.39 is 8.07 Å². The van der Waals surface area contributed by atoms with Gasteiger partial charge in [-0.05, 0) is 68.5 Å². The van der Waals surface area contributed by atoms with Crippen molar-refractivity contribution in [2.75, 3.05) is 0 Å². The highest BCUT2D eigenvalue weighted by Gasteiger charge is 2.50. The van der Waals surface area contributed by atoms with Gasteiger partial charge in [-0.15, -0.1) is 0 Å². The Kier molecular flexibility index (Phi) is 2.86. The van der Waals surface area contributed by atoms with E-state index in [-0.39, 0.29) is 5.41 Å². The molecule has 0 saturated carbocycles. The number of benzene rings is 2. The molecular formula is C24H26Si. The summed E-state index contributed by atoms with van der Waals surface area (Å²) in [5.41, 5.74) is 11.0. The van der Waals surface area contributed by atoms with E-state index in [2.05, 4.69) is 76.3 Å². The summed E-state index contributed by atoms with van der Waals surface area (Å²) >= 11 is 0. The summed E-state index contributed by atoms with van der Waals surface area (Å²) in [7, 11) is -1.34. The maximum absolute atomic E-state index is 2.54. The molecule has 2 aromatic rings. The first-order valence-corrected chi connectivity index (χ1v) is 12.5. The summed E-state index contributed by atoms with van der Waals surface area (Å²) in [4.78, 5) is 0. The van der Waals surface area contributed by atoms with Crippen LogP contribution in [0.4, 0.5) is 0 Å². The van der Waals surface area contributed by atoms with Gasteiger partial charge in [-0.1, -0.05) is 75.5 Å². The van der Waals surface area contributed by atoms with Crippen LogP contribution in [-0.2, 0) is 6.42 Å². The molecule has 1 aliphatic heterocycles. The van der Waals surface area contributed by atoms with Crippen LogP contribution >= 0.6 is 0 Å². The lowest BCUT2D eigenvalue weighted by Crippen LogP contribution is -2.19. The average Bonchev–Trinajstić information content (AvgIpc) is 2.96. The standard InChI is InChI=1S/C24H26Si/c1-24(2,3)17-11-10-16(12-17)19-14-20-18-9-7-6-8-15(18)13-21(20)23-22(19)25(23,4)5/h6-9,11-12,14H,10,13H2,1-5H3. The Balaban J connectivity index is 1.68. The molecule has 0 atom stereocenters. The summed E-state index contributed by atoms with van der Waals surface area (Å²) in [5.74, 6) is 0. The molecule has 1 heterocycles. The van der Waals surface area contributed by atoms with Crippen molar-refractivity contribution >= 4 is 24.0 Å². The van der Waals surface area contributed by atoms with Crippen molar-refractivity contribution in [1.29, 1.82) is 0 Å². The molecule has 0 radical (unpaired) electrons. The third kappa shape index (κ3) is 2.05. The van der Waals surface area contributed by atoms with Gasteiger partial charge in [0.15, 0.2) is 0 Å². The zero-order valence-electron chi connectivity index (χ0n) is 16.0. The minimum Gasteiger partial charge on any atom is -0.0763 e. The molecule has 25 heavy (non-hydrogen) atoms. The van der Waals surface area contributed by atoms with Crippen LogP contribution in [-0.4, -0.2) is 8.07 Å². The third-order valence-corrected chi connectivity index (χ3v) is 9.70. The second-order valence-electron chi connectivity index (χ2n) is 9.44. The highest BCUT2D eigenvalue weighted by molar-refractivity contribution is 7.16. The lowest BCUT2D eigenvalue weighted by atomic mass is 9.87. The van der Waals surface area contributed by atoms with Gasteiger partial charge in [0.25, 0.3) is 0 Å². The molecule has 5 rings (SSSR count). The first kappa shape index (κ1) is 15.4. The van der Waals surface area contributed by atoms with Crippen molar-refractivity contribution in [3.05, 3.63) is 64.7 Å². The fraction of sp³-hybridized carbons (Fsp3) is 0.333. The predicted molar refractivity (Wildman–Crippen MR) is 112 cm³/mol. The van der Waals surface area contributed by atoms with Crippen LogP contribution < -0.4 is 10.4 Å². The van der Waals surface area contributed by atoms with E-state index in [0.29, 0.717) is 0 Å². The normalized spacial score (nSPS) is 19.1. The van der Waals surface area contributed by atoms with Crippen LogP contribution in [0.15, 0.2) is 48.1 Å². The SMILES string of the molecule is CC(C)(C)C1=CCC(c2cc3c(c4c2[Si]4(C)C)Cc2ccccc2-3)=C1. The highest BCUT2D eigenvalue weighted by Crippen LogP contribution is 2.43. The van der Waals surface area contributed by atoms with Gasteiger partial charge in [-0.3, -0.25) is 0 Å². The molecule has 0 N–H and O–H groups in total. The molecule has 1 heteroatoms. The second kappa shape index (κ2) is 4.65. The first-order valence-electron chi connectivity index (χ1n) is 9.49. The van der Waals surface area contributed by atoms with E-state index >= 15 is 0 Å². The molecule has 2 aliphatic carbocycles. The van der Waals surface area contributed by atoms with Gasteiger partial charge < -0.3 is 0 Å². The van der Waals surface area contributed by atoms with Crippen molar-refractivity contribution < 1.29 is 0 Å². The minimum absolute atomic E-state index is 0.245. The molecule has 0 aromatic heterocycles. The monoisotopic (exact) mass is 342 g/mol. The number of hydrogen-bond donors (Lipinski definition) is 0. The number of rotatable bonds is 1. The Morgan fingerprint density at radius 2 is 1.68 bits per heavy atom. The Morgan fingerprint density at radius 3 is 2.40 bits per heavy atom. The number of allylic oxidation sites excluding steroid dienone is 4. The molecule has 0 unspecified atom stereocenters. The Morgan fingerprint density at radius 1 is 0.920 bits per heavy atom. The van der Waals surface area contributed by atoms with Gasteiger partial charge in [0, 0.05) is 0 Å². The van der Waals surface area contributed by atoms with Crippen molar-refractivity contribution in [3.63, 3.8) is 0 Å². The van der Waals surface area contributed by atoms with Gasteiger partial charge in [0.05, 0.1) is 0 Å². The number of fused-ring (bicyclic) bond motifs is 5. The van der Waals surface area contributed by atoms with E-state index in [1.54, 1.807) is 27.1 Å². The van der Waals surface area contributed by atoms with E-state index in [9.17, 15) is 0 Å². The lowest BCUT2D eigenvalue weighted by Gasteiger charge is -2.18. The van der Waals surface area contributed by atoms with Gasteiger partial charge in [-0.25, -0.2) is 0 Å². The summed E-state index contributed by atoms with van der Waals surface area (Å²) in [5, 5.41) is 3.51. The fourth-order valence-electron chi connectivity index (χ4n) is 4.95. The van der Waals surface area contributed by atoms with Crippen LogP contribution in [0.2, 0.25) is 13.1 Å². The Labute approximate surface area is 152 Å². The molecule has 0 nitrogen and oxygen atoms in total. The van der Waals surface area contributed by atoms with Crippen molar-refractivity contribution in [3.8, 4) is 11.1 Å². The topological polar surface area (TPSA) is 0 Å². The van der Waals surface area contributed by atoms with E-state index in [4.69, 9.17) is 0 Å². The zero-order chi connectivity index (χ0) is 17.6. The quantitative estimate of drug-likeness (QED) is 0.536. The van der Waals surface area contributed by atoms with Gasteiger partial charge in [-0.2, -0.15) is 0 Å². The summed E-state index contributed by atoms with van der Waals surface area (Å²) in [6, 6.07) is 11.5. The third-order valence-electron chi connectivity index (χ3n) is 6.38. The molecule has 0 bridgehead atoms. The molecule has 0 spiro atoms. The Bertz CT molecular complexity index is 993. The maximum Gasteiger partial charge on any atom is 0.113 e. The molecule has 2 aromatic carbocycles. The summed E-state index contributed by atoms with van der Waals surface area (Å²) in [6.07, 6.45) is 7.17. The molecule has 0 saturated heterocycles. The summed E-state index contributed by atoms with van der Waals surface area (Å²) < 4.78 is 0. The van der Waals surface area contributed by atoms with Gasteiger partial charge in [0.1, 0.15) is 8.07 Å². The van der Waals surface area contributed by atoms with Crippen LogP contribution in [0, 0.1) is 5.41 Å². The van der Waals surface area contributed by atoms with Crippen molar-refractivity contribution in [2.45, 2.75) is 46.7 Å². The average molecular weight is 343 g/mol. The highest BCUT2D eigenvalue weighted by atomic mass is 28.3. The Hall–Kier alpha value is -1.86. The second-order valence-corrected chi connectivity index (χ2v) is 13.7. The largest absolute Gasteiger partial charge is 0.113 e. The summed E-state index contributed by atoms with van der Waals surface area (Å²) in [6.45, 7) is 12.0. The molecule has 3 aliphatic rings.